The Balaban J connectivity index is 1.79. The summed E-state index contributed by atoms with van der Waals surface area (Å²) in [7, 11) is 0. The van der Waals surface area contributed by atoms with Crippen molar-refractivity contribution in [1.29, 1.82) is 0 Å². The van der Waals surface area contributed by atoms with E-state index in [1.165, 1.54) is 0 Å². The van der Waals surface area contributed by atoms with E-state index in [2.05, 4.69) is 6.92 Å². The summed E-state index contributed by atoms with van der Waals surface area (Å²) in [6.45, 7) is 4.00. The second kappa shape index (κ2) is 5.98. The van der Waals surface area contributed by atoms with Crippen LogP contribution < -0.4 is 0 Å². The maximum Gasteiger partial charge on any atom is 0.257 e. The molecule has 0 spiro atoms. The van der Waals surface area contributed by atoms with Crippen LogP contribution in [-0.4, -0.2) is 18.3 Å². The van der Waals surface area contributed by atoms with Crippen LogP contribution in [0.2, 0.25) is 0 Å². The van der Waals surface area contributed by atoms with Gasteiger partial charge in [0.25, 0.3) is 5.92 Å². The van der Waals surface area contributed by atoms with E-state index in [9.17, 15) is 17.6 Å². The van der Waals surface area contributed by atoms with Crippen LogP contribution in [0.4, 0.5) is 17.6 Å². The maximum absolute atomic E-state index is 14.9. The van der Waals surface area contributed by atoms with Gasteiger partial charge in [-0.2, -0.15) is 0 Å². The minimum Gasteiger partial charge on any atom is -0.244 e. The lowest BCUT2D eigenvalue weighted by atomic mass is 9.71. The predicted octanol–water partition coefficient (Wildman–Crippen LogP) is 5.81. The molecule has 0 N–H and O–H groups in total. The van der Waals surface area contributed by atoms with Crippen LogP contribution in [0.25, 0.3) is 0 Å². The highest BCUT2D eigenvalue weighted by Crippen LogP contribution is 2.60. The minimum atomic E-state index is -3.03. The van der Waals surface area contributed by atoms with Crippen molar-refractivity contribution >= 4 is 0 Å². The Morgan fingerprint density at radius 1 is 0.909 bits per heavy atom. The third-order valence-corrected chi connectivity index (χ3v) is 6.86. The van der Waals surface area contributed by atoms with Gasteiger partial charge in [-0.05, 0) is 49.4 Å². The molecule has 3 rings (SSSR count). The van der Waals surface area contributed by atoms with Crippen molar-refractivity contribution in [2.24, 2.45) is 35.5 Å². The highest BCUT2D eigenvalue weighted by atomic mass is 19.3. The fourth-order valence-electron chi connectivity index (χ4n) is 5.47. The molecule has 0 aliphatic heterocycles. The van der Waals surface area contributed by atoms with Gasteiger partial charge in [-0.15, -0.1) is 0 Å². The Hall–Kier alpha value is -0.280. The minimum absolute atomic E-state index is 0.00198. The van der Waals surface area contributed by atoms with E-state index < -0.39 is 30.1 Å². The van der Waals surface area contributed by atoms with Gasteiger partial charge in [0.1, 0.15) is 12.3 Å². The van der Waals surface area contributed by atoms with E-state index in [1.54, 1.807) is 0 Å². The normalized spacial score (nSPS) is 51.5. The van der Waals surface area contributed by atoms with E-state index in [1.807, 2.05) is 6.92 Å². The first-order valence-corrected chi connectivity index (χ1v) is 9.02. The van der Waals surface area contributed by atoms with E-state index in [-0.39, 0.29) is 17.8 Å². The molecule has 0 radical (unpaired) electrons. The summed E-state index contributed by atoms with van der Waals surface area (Å²) < 4.78 is 58.3. The van der Waals surface area contributed by atoms with Crippen LogP contribution in [0.1, 0.15) is 58.8 Å². The Morgan fingerprint density at radius 2 is 1.55 bits per heavy atom. The molecule has 6 atom stereocenters. The summed E-state index contributed by atoms with van der Waals surface area (Å²) in [5.41, 5.74) is 0. The average molecular weight is 320 g/mol. The topological polar surface area (TPSA) is 0 Å². The van der Waals surface area contributed by atoms with Gasteiger partial charge in [0.05, 0.1) is 5.92 Å². The molecule has 6 unspecified atom stereocenters. The molecule has 3 aliphatic carbocycles. The fraction of sp³-hybridized carbons (Fsp3) is 1.00. The Kier molecular flexibility index (Phi) is 4.50. The highest BCUT2D eigenvalue weighted by molar-refractivity contribution is 5.07. The van der Waals surface area contributed by atoms with Gasteiger partial charge >= 0.3 is 0 Å². The Morgan fingerprint density at radius 3 is 2.14 bits per heavy atom. The van der Waals surface area contributed by atoms with Crippen LogP contribution in [-0.2, 0) is 0 Å². The Bertz CT molecular complexity index is 389. The zero-order valence-corrected chi connectivity index (χ0v) is 13.6. The molecule has 0 aromatic carbocycles. The molecule has 0 saturated heterocycles. The van der Waals surface area contributed by atoms with E-state index in [0.717, 1.165) is 25.7 Å². The molecular formula is C18H28F4. The molecule has 0 bridgehead atoms. The number of rotatable bonds is 2. The summed E-state index contributed by atoms with van der Waals surface area (Å²) in [6.07, 6.45) is 1.35. The van der Waals surface area contributed by atoms with Crippen molar-refractivity contribution in [3.63, 3.8) is 0 Å². The van der Waals surface area contributed by atoms with Crippen molar-refractivity contribution in [3.8, 4) is 0 Å². The summed E-state index contributed by atoms with van der Waals surface area (Å²) in [5, 5.41) is 0. The van der Waals surface area contributed by atoms with Gasteiger partial charge in [0.15, 0.2) is 0 Å². The first-order chi connectivity index (χ1) is 10.4. The van der Waals surface area contributed by atoms with Crippen LogP contribution in [0.15, 0.2) is 0 Å². The van der Waals surface area contributed by atoms with Gasteiger partial charge in [0, 0.05) is 5.92 Å². The molecule has 0 amide bonds. The second-order valence-electron chi connectivity index (χ2n) is 8.12. The van der Waals surface area contributed by atoms with E-state index in [4.69, 9.17) is 0 Å². The van der Waals surface area contributed by atoms with Crippen LogP contribution in [0, 0.1) is 35.5 Å². The summed E-state index contributed by atoms with van der Waals surface area (Å²) in [5.74, 6) is -5.23. The summed E-state index contributed by atoms with van der Waals surface area (Å²) in [6, 6.07) is 0. The van der Waals surface area contributed by atoms with Gasteiger partial charge in [0.2, 0.25) is 0 Å². The smallest absolute Gasteiger partial charge is 0.244 e. The number of alkyl halides is 4. The molecule has 0 aromatic rings. The molecule has 0 nitrogen and oxygen atoms in total. The first kappa shape index (κ1) is 16.6. The number of hydrogen-bond acceptors (Lipinski definition) is 0. The highest BCUT2D eigenvalue weighted by Gasteiger charge is 2.65. The van der Waals surface area contributed by atoms with Gasteiger partial charge in [-0.1, -0.05) is 33.1 Å². The SMILES string of the molecule is CCC1CC2CC(C3CCC(C)CC3)C(F)(F)C2C(F)C1F. The van der Waals surface area contributed by atoms with Crippen molar-refractivity contribution in [2.75, 3.05) is 0 Å². The van der Waals surface area contributed by atoms with E-state index >= 15 is 0 Å². The van der Waals surface area contributed by atoms with Crippen molar-refractivity contribution < 1.29 is 17.6 Å². The first-order valence-electron chi connectivity index (χ1n) is 9.02. The number of fused-ring (bicyclic) bond motifs is 1. The molecule has 0 aromatic heterocycles. The van der Waals surface area contributed by atoms with Gasteiger partial charge in [-0.25, -0.2) is 17.6 Å². The monoisotopic (exact) mass is 320 g/mol. The lowest BCUT2D eigenvalue weighted by Crippen LogP contribution is -2.48. The van der Waals surface area contributed by atoms with Crippen LogP contribution >= 0.6 is 0 Å². The molecule has 3 aliphatic rings. The fourth-order valence-corrected chi connectivity index (χ4v) is 5.47. The Labute approximate surface area is 131 Å². The van der Waals surface area contributed by atoms with Gasteiger partial charge in [-0.3, -0.25) is 0 Å². The third-order valence-electron chi connectivity index (χ3n) is 6.86. The molecule has 3 fully saturated rings. The zero-order chi connectivity index (χ0) is 16.1. The lowest BCUT2D eigenvalue weighted by Gasteiger charge is -2.40. The summed E-state index contributed by atoms with van der Waals surface area (Å²) in [4.78, 5) is 0. The predicted molar refractivity (Wildman–Crippen MR) is 79.3 cm³/mol. The maximum atomic E-state index is 14.9. The van der Waals surface area contributed by atoms with Crippen LogP contribution in [0.5, 0.6) is 0 Å². The molecule has 22 heavy (non-hydrogen) atoms. The molecule has 4 heteroatoms. The van der Waals surface area contributed by atoms with Crippen molar-refractivity contribution in [3.05, 3.63) is 0 Å². The van der Waals surface area contributed by atoms with E-state index in [0.29, 0.717) is 25.2 Å². The van der Waals surface area contributed by atoms with Gasteiger partial charge < -0.3 is 0 Å². The quantitative estimate of drug-likeness (QED) is 0.564. The molecule has 3 saturated carbocycles. The molecule has 128 valence electrons. The average Bonchev–Trinajstić information content (AvgIpc) is 2.75. The number of halogens is 4. The second-order valence-corrected chi connectivity index (χ2v) is 8.12. The summed E-state index contributed by atoms with van der Waals surface area (Å²) >= 11 is 0. The van der Waals surface area contributed by atoms with Crippen LogP contribution in [0.3, 0.4) is 0 Å². The zero-order valence-electron chi connectivity index (χ0n) is 13.6. The largest absolute Gasteiger partial charge is 0.257 e. The third kappa shape index (κ3) is 2.58. The lowest BCUT2D eigenvalue weighted by molar-refractivity contribution is -0.147. The van der Waals surface area contributed by atoms with Crippen molar-refractivity contribution in [2.45, 2.75) is 77.1 Å². The molecular weight excluding hydrogens is 292 g/mol. The molecule has 0 heterocycles. The number of hydrogen-bond donors (Lipinski definition) is 0. The van der Waals surface area contributed by atoms with Crippen molar-refractivity contribution in [1.82, 2.24) is 0 Å². The standard InChI is InChI=1S/C18H28F4/c1-3-11-8-13-9-14(12-6-4-10(2)5-7-12)18(21,22)15(13)17(20)16(11)19/h10-17H,3-9H2,1-2H3.